The van der Waals surface area contributed by atoms with E-state index in [-0.39, 0.29) is 23.4 Å². The molecule has 4 aliphatic rings. The molecule has 14 heteroatoms. The molecule has 0 bridgehead atoms. The summed E-state index contributed by atoms with van der Waals surface area (Å²) in [5, 5.41) is 14.9. The Morgan fingerprint density at radius 3 is 2.26 bits per heavy atom. The van der Waals surface area contributed by atoms with Crippen molar-refractivity contribution in [3.05, 3.63) is 106 Å². The van der Waals surface area contributed by atoms with E-state index < -0.39 is 17.9 Å². The fourth-order valence-corrected chi connectivity index (χ4v) is 9.85. The van der Waals surface area contributed by atoms with Crippen molar-refractivity contribution in [1.29, 1.82) is 5.26 Å². The number of carbonyl (C=O) groups is 3. The number of nitrogens with zero attached hydrogens (tertiary/aromatic N) is 7. The van der Waals surface area contributed by atoms with Gasteiger partial charge in [0.2, 0.25) is 17.8 Å². The van der Waals surface area contributed by atoms with Gasteiger partial charge in [-0.25, -0.2) is 15.0 Å². The van der Waals surface area contributed by atoms with Crippen LogP contribution >= 0.6 is 11.6 Å². The second-order valence-electron chi connectivity index (χ2n) is 17.9. The van der Waals surface area contributed by atoms with E-state index in [0.29, 0.717) is 29.5 Å². The summed E-state index contributed by atoms with van der Waals surface area (Å²) < 4.78 is 6.16. The van der Waals surface area contributed by atoms with Gasteiger partial charge in [-0.05, 0) is 135 Å². The van der Waals surface area contributed by atoms with Gasteiger partial charge in [-0.1, -0.05) is 37.6 Å². The lowest BCUT2D eigenvalue weighted by Crippen LogP contribution is -2.52. The number of nitrogens with one attached hydrogen (secondary N) is 2. The number of imide groups is 1. The summed E-state index contributed by atoms with van der Waals surface area (Å²) in [6, 6.07) is 20.6. The molecule has 2 N–H and O–H groups in total. The molecule has 0 aliphatic carbocycles. The Labute approximate surface area is 369 Å². The summed E-state index contributed by atoms with van der Waals surface area (Å²) in [5.74, 6) is 2.54. The molecule has 3 amide bonds. The zero-order valence-electron chi connectivity index (χ0n) is 35.7. The van der Waals surface area contributed by atoms with Gasteiger partial charge in [0.05, 0.1) is 29.2 Å². The van der Waals surface area contributed by atoms with Gasteiger partial charge < -0.3 is 24.8 Å². The smallest absolute Gasteiger partial charge is 0.270 e. The first-order valence-electron chi connectivity index (χ1n) is 22.1. The van der Waals surface area contributed by atoms with Crippen LogP contribution in [0.1, 0.15) is 98.1 Å². The SMILES string of the molecule is CC(C)(c1ccc(OCc2ccnc(N3CCC(CN4CCC(C5CCN(c6ccc(C(=O)NC7CCC(=O)NC7=O)nc6)CC5)CC4)CC3)n2)cc1)c1cc(Cl)cc(C#N)c1. The lowest BCUT2D eigenvalue weighted by molar-refractivity contribution is -0.134. The monoisotopic (exact) mass is 857 g/mol. The van der Waals surface area contributed by atoms with Gasteiger partial charge in [-0.3, -0.25) is 19.7 Å². The highest BCUT2D eigenvalue weighted by Crippen LogP contribution is 2.36. The van der Waals surface area contributed by atoms with Gasteiger partial charge in [-0.15, -0.1) is 0 Å². The normalized spacial score (nSPS) is 19.8. The number of ether oxygens (including phenoxy) is 1. The Morgan fingerprint density at radius 1 is 0.871 bits per heavy atom. The summed E-state index contributed by atoms with van der Waals surface area (Å²) in [4.78, 5) is 57.4. The minimum atomic E-state index is -0.717. The lowest BCUT2D eigenvalue weighted by Gasteiger charge is -2.42. The van der Waals surface area contributed by atoms with Crippen LogP contribution in [-0.4, -0.2) is 89.4 Å². The standard InChI is InChI=1S/C48H56ClN9O4/c1-48(2,37-25-33(28-50)26-38(49)27-37)36-3-6-41(7-4-36)62-31-39-11-18-51-47(53-39)58-21-12-32(13-22-58)30-56-19-14-34(15-20-56)35-16-23-57(24-17-35)40-5-8-42(52-29-40)45(60)54-43-9-10-44(59)55-46(43)61/h3-8,11,18,25-27,29,32,34-35,43H,9-10,12-17,19-24,30-31H2,1-2H3,(H,54,60)(H,55,59,61). The fraction of sp³-hybridized carbons (Fsp3) is 0.479. The predicted molar refractivity (Wildman–Crippen MR) is 238 cm³/mol. The molecule has 2 aromatic carbocycles. The number of carbonyl (C=O) groups excluding carboxylic acids is 3. The molecule has 4 aliphatic heterocycles. The van der Waals surface area contributed by atoms with Crippen LogP contribution in [0.25, 0.3) is 0 Å². The van der Waals surface area contributed by atoms with E-state index in [9.17, 15) is 19.6 Å². The molecular formula is C48H56ClN9O4. The second-order valence-corrected chi connectivity index (χ2v) is 18.3. The minimum absolute atomic E-state index is 0.212. The molecule has 4 fully saturated rings. The Hall–Kier alpha value is -5.58. The molecule has 62 heavy (non-hydrogen) atoms. The van der Waals surface area contributed by atoms with Gasteiger partial charge >= 0.3 is 0 Å². The molecule has 8 rings (SSSR count). The number of halogens is 1. The zero-order valence-corrected chi connectivity index (χ0v) is 36.4. The van der Waals surface area contributed by atoms with Crippen molar-refractivity contribution in [2.45, 2.75) is 83.3 Å². The average Bonchev–Trinajstić information content (AvgIpc) is 3.30. The molecule has 0 saturated carbocycles. The number of hydrogen-bond donors (Lipinski definition) is 2. The predicted octanol–water partition coefficient (Wildman–Crippen LogP) is 6.68. The van der Waals surface area contributed by atoms with Gasteiger partial charge in [0.25, 0.3) is 5.91 Å². The molecule has 13 nitrogen and oxygen atoms in total. The number of nitriles is 1. The number of pyridine rings is 1. The average molecular weight is 858 g/mol. The van der Waals surface area contributed by atoms with E-state index in [2.05, 4.69) is 67.4 Å². The zero-order chi connectivity index (χ0) is 43.2. The molecule has 2 aromatic heterocycles. The van der Waals surface area contributed by atoms with E-state index in [0.717, 1.165) is 91.6 Å². The maximum Gasteiger partial charge on any atom is 0.270 e. The largest absolute Gasteiger partial charge is 0.487 e. The second kappa shape index (κ2) is 19.2. The van der Waals surface area contributed by atoms with Crippen molar-refractivity contribution >= 4 is 41.0 Å². The molecule has 4 saturated heterocycles. The first-order valence-corrected chi connectivity index (χ1v) is 22.5. The molecule has 0 radical (unpaired) electrons. The van der Waals surface area contributed by atoms with E-state index in [1.165, 1.54) is 38.8 Å². The number of aromatic nitrogens is 3. The number of benzene rings is 2. The highest BCUT2D eigenvalue weighted by atomic mass is 35.5. The van der Waals surface area contributed by atoms with Crippen molar-refractivity contribution in [3.8, 4) is 11.8 Å². The van der Waals surface area contributed by atoms with Crippen molar-refractivity contribution in [1.82, 2.24) is 30.5 Å². The highest BCUT2D eigenvalue weighted by molar-refractivity contribution is 6.30. The van der Waals surface area contributed by atoms with Crippen LogP contribution in [0.4, 0.5) is 11.6 Å². The third kappa shape index (κ3) is 10.4. The van der Waals surface area contributed by atoms with E-state index in [1.807, 2.05) is 42.6 Å². The molecule has 0 spiro atoms. The summed E-state index contributed by atoms with van der Waals surface area (Å²) >= 11 is 6.31. The van der Waals surface area contributed by atoms with Crippen LogP contribution in [0.5, 0.6) is 5.75 Å². The number of anilines is 2. The number of amides is 3. The van der Waals surface area contributed by atoms with Crippen molar-refractivity contribution in [2.75, 3.05) is 55.6 Å². The third-order valence-corrected chi connectivity index (χ3v) is 13.8. The van der Waals surface area contributed by atoms with Crippen LogP contribution in [0.2, 0.25) is 5.02 Å². The topological polar surface area (TPSA) is 157 Å². The number of likely N-dealkylation sites (tertiary alicyclic amines) is 1. The van der Waals surface area contributed by atoms with Crippen LogP contribution in [-0.2, 0) is 21.6 Å². The van der Waals surface area contributed by atoms with Crippen LogP contribution < -0.4 is 25.2 Å². The molecule has 1 unspecified atom stereocenters. The molecule has 1 atom stereocenters. The van der Waals surface area contributed by atoms with Gasteiger partial charge in [0, 0.05) is 55.8 Å². The summed E-state index contributed by atoms with van der Waals surface area (Å²) in [6.45, 7) is 12.0. The highest BCUT2D eigenvalue weighted by Gasteiger charge is 2.32. The van der Waals surface area contributed by atoms with Gasteiger partial charge in [-0.2, -0.15) is 5.26 Å². The fourth-order valence-electron chi connectivity index (χ4n) is 9.61. The molecule has 6 heterocycles. The maximum atomic E-state index is 12.7. The number of hydrogen-bond acceptors (Lipinski definition) is 11. The Balaban J connectivity index is 0.732. The van der Waals surface area contributed by atoms with Crippen LogP contribution in [0.3, 0.4) is 0 Å². The quantitative estimate of drug-likeness (QED) is 0.147. The third-order valence-electron chi connectivity index (χ3n) is 13.6. The summed E-state index contributed by atoms with van der Waals surface area (Å²) in [6.07, 6.45) is 11.2. The van der Waals surface area contributed by atoms with E-state index in [4.69, 9.17) is 21.3 Å². The summed E-state index contributed by atoms with van der Waals surface area (Å²) in [5.41, 5.74) is 4.42. The Bertz CT molecular complexity index is 2260. The molecule has 324 valence electrons. The van der Waals surface area contributed by atoms with E-state index >= 15 is 0 Å². The van der Waals surface area contributed by atoms with Crippen molar-refractivity contribution in [2.24, 2.45) is 17.8 Å². The Kier molecular flexibility index (Phi) is 13.4. The van der Waals surface area contributed by atoms with Crippen molar-refractivity contribution in [3.63, 3.8) is 0 Å². The summed E-state index contributed by atoms with van der Waals surface area (Å²) in [7, 11) is 0. The molecular weight excluding hydrogens is 802 g/mol. The van der Waals surface area contributed by atoms with Crippen LogP contribution in [0.15, 0.2) is 73.1 Å². The number of rotatable bonds is 12. The first-order chi connectivity index (χ1) is 30.0. The number of piperidine rings is 4. The van der Waals surface area contributed by atoms with E-state index in [1.54, 1.807) is 18.3 Å². The first kappa shape index (κ1) is 43.1. The van der Waals surface area contributed by atoms with Gasteiger partial charge in [0.15, 0.2) is 0 Å². The minimum Gasteiger partial charge on any atom is -0.487 e. The van der Waals surface area contributed by atoms with Crippen LogP contribution in [0, 0.1) is 29.1 Å². The van der Waals surface area contributed by atoms with Crippen molar-refractivity contribution < 1.29 is 19.1 Å². The Morgan fingerprint density at radius 2 is 1.58 bits per heavy atom. The molecule has 4 aromatic rings. The lowest BCUT2D eigenvalue weighted by atomic mass is 9.78. The maximum absolute atomic E-state index is 12.7. The van der Waals surface area contributed by atoms with Gasteiger partial charge in [0.1, 0.15) is 24.1 Å².